The number of ether oxygens (including phenoxy) is 1. The number of aliphatic imine (C=N–C) groups is 1. The van der Waals surface area contributed by atoms with Crippen LogP contribution in [0.25, 0.3) is 0 Å². The minimum Gasteiger partial charge on any atom is -0.474 e. The van der Waals surface area contributed by atoms with Crippen molar-refractivity contribution in [3.63, 3.8) is 0 Å². The summed E-state index contributed by atoms with van der Waals surface area (Å²) in [6.45, 7) is 8.21. The number of aryl methyl sites for hydroxylation is 2. The van der Waals surface area contributed by atoms with E-state index >= 15 is 0 Å². The molecule has 0 radical (unpaired) electrons. The van der Waals surface area contributed by atoms with Gasteiger partial charge in [-0.15, -0.1) is 11.3 Å². The van der Waals surface area contributed by atoms with Gasteiger partial charge in [0.1, 0.15) is 11.1 Å². The van der Waals surface area contributed by atoms with Gasteiger partial charge in [-0.1, -0.05) is 6.07 Å². The van der Waals surface area contributed by atoms with Crippen molar-refractivity contribution in [3.8, 4) is 5.88 Å². The summed E-state index contributed by atoms with van der Waals surface area (Å²) >= 11 is 1.72. The molecule has 0 unspecified atom stereocenters. The Morgan fingerprint density at radius 1 is 1.30 bits per heavy atom. The number of pyridine rings is 1. The van der Waals surface area contributed by atoms with Gasteiger partial charge in [-0.25, -0.2) is 15.0 Å². The van der Waals surface area contributed by atoms with Gasteiger partial charge in [0.15, 0.2) is 5.96 Å². The standard InChI is InChI=1S/C20H29N5OS/c1-4-21-20(24-13-18-25-14(2)15(3)27-18)23-12-16-8-7-11-22-19(16)26-17-9-5-6-10-17/h7-8,11,17H,4-6,9-10,12-13H2,1-3H3,(H2,21,23,24). The first-order valence-electron chi connectivity index (χ1n) is 9.71. The molecule has 0 spiro atoms. The zero-order valence-corrected chi connectivity index (χ0v) is 17.2. The maximum absolute atomic E-state index is 6.11. The quantitative estimate of drug-likeness (QED) is 0.559. The number of thiazole rings is 1. The average molecular weight is 388 g/mol. The summed E-state index contributed by atoms with van der Waals surface area (Å²) in [7, 11) is 0. The Labute approximate surface area is 165 Å². The second kappa shape index (κ2) is 9.69. The summed E-state index contributed by atoms with van der Waals surface area (Å²) in [5.74, 6) is 1.49. The third-order valence-electron chi connectivity index (χ3n) is 4.66. The minimum atomic E-state index is 0.297. The topological polar surface area (TPSA) is 71.4 Å². The highest BCUT2D eigenvalue weighted by molar-refractivity contribution is 7.11. The monoisotopic (exact) mass is 387 g/mol. The molecule has 146 valence electrons. The number of rotatable bonds is 7. The van der Waals surface area contributed by atoms with Crippen molar-refractivity contribution in [3.05, 3.63) is 39.5 Å². The van der Waals surface area contributed by atoms with E-state index in [0.29, 0.717) is 19.2 Å². The first-order valence-corrected chi connectivity index (χ1v) is 10.5. The molecule has 6 nitrogen and oxygen atoms in total. The van der Waals surface area contributed by atoms with Crippen LogP contribution in [0.15, 0.2) is 23.3 Å². The fourth-order valence-corrected chi connectivity index (χ4v) is 3.97. The molecule has 2 aromatic rings. The van der Waals surface area contributed by atoms with Crippen molar-refractivity contribution in [2.45, 2.75) is 65.6 Å². The van der Waals surface area contributed by atoms with E-state index in [2.05, 4.69) is 34.4 Å². The van der Waals surface area contributed by atoms with E-state index < -0.39 is 0 Å². The number of nitrogens with one attached hydrogen (secondary N) is 2. The molecule has 27 heavy (non-hydrogen) atoms. The van der Waals surface area contributed by atoms with Gasteiger partial charge < -0.3 is 15.4 Å². The van der Waals surface area contributed by atoms with Crippen LogP contribution in [-0.4, -0.2) is 28.6 Å². The number of hydrogen-bond donors (Lipinski definition) is 2. The Morgan fingerprint density at radius 2 is 2.11 bits per heavy atom. The molecule has 3 rings (SSSR count). The lowest BCUT2D eigenvalue weighted by molar-refractivity contribution is 0.199. The molecule has 2 heterocycles. The van der Waals surface area contributed by atoms with E-state index in [1.54, 1.807) is 17.5 Å². The van der Waals surface area contributed by atoms with Crippen LogP contribution in [0.1, 0.15) is 53.7 Å². The van der Waals surface area contributed by atoms with Gasteiger partial charge in [0.25, 0.3) is 0 Å². The average Bonchev–Trinajstić information content (AvgIpc) is 3.28. The Kier molecular flexibility index (Phi) is 7.04. The lowest BCUT2D eigenvalue weighted by Crippen LogP contribution is -2.36. The number of aromatic nitrogens is 2. The van der Waals surface area contributed by atoms with Gasteiger partial charge in [0, 0.05) is 23.2 Å². The van der Waals surface area contributed by atoms with E-state index in [0.717, 1.165) is 47.5 Å². The van der Waals surface area contributed by atoms with Gasteiger partial charge in [-0.3, -0.25) is 0 Å². The summed E-state index contributed by atoms with van der Waals surface area (Å²) in [6, 6.07) is 3.98. The van der Waals surface area contributed by atoms with Crippen molar-refractivity contribution in [1.29, 1.82) is 0 Å². The van der Waals surface area contributed by atoms with Crippen molar-refractivity contribution < 1.29 is 4.74 Å². The predicted molar refractivity (Wildman–Crippen MR) is 110 cm³/mol. The summed E-state index contributed by atoms with van der Waals surface area (Å²) in [4.78, 5) is 15.0. The first kappa shape index (κ1) is 19.6. The van der Waals surface area contributed by atoms with E-state index in [1.807, 2.05) is 19.1 Å². The fourth-order valence-electron chi connectivity index (χ4n) is 3.09. The molecule has 0 aromatic carbocycles. The molecule has 0 atom stereocenters. The lowest BCUT2D eigenvalue weighted by Gasteiger charge is -2.15. The number of guanidine groups is 1. The zero-order valence-electron chi connectivity index (χ0n) is 16.4. The second-order valence-electron chi connectivity index (χ2n) is 6.79. The van der Waals surface area contributed by atoms with E-state index in [1.165, 1.54) is 17.7 Å². The Hall–Kier alpha value is -2.15. The van der Waals surface area contributed by atoms with E-state index in [-0.39, 0.29) is 0 Å². The predicted octanol–water partition coefficient (Wildman–Crippen LogP) is 3.73. The van der Waals surface area contributed by atoms with Gasteiger partial charge in [0.2, 0.25) is 5.88 Å². The molecule has 7 heteroatoms. The molecule has 1 aliphatic rings. The van der Waals surface area contributed by atoms with Crippen LogP contribution in [-0.2, 0) is 13.1 Å². The van der Waals surface area contributed by atoms with Crippen LogP contribution in [0.4, 0.5) is 0 Å². The molecule has 0 bridgehead atoms. The maximum atomic E-state index is 6.11. The summed E-state index contributed by atoms with van der Waals surface area (Å²) in [5, 5.41) is 7.73. The normalized spacial score (nSPS) is 15.1. The largest absolute Gasteiger partial charge is 0.474 e. The molecular weight excluding hydrogens is 358 g/mol. The van der Waals surface area contributed by atoms with Crippen LogP contribution in [0.2, 0.25) is 0 Å². The molecule has 0 aliphatic heterocycles. The van der Waals surface area contributed by atoms with Crippen molar-refractivity contribution in [2.75, 3.05) is 6.54 Å². The number of hydrogen-bond acceptors (Lipinski definition) is 5. The van der Waals surface area contributed by atoms with Crippen molar-refractivity contribution in [1.82, 2.24) is 20.6 Å². The molecule has 2 aromatic heterocycles. The molecule has 1 aliphatic carbocycles. The smallest absolute Gasteiger partial charge is 0.218 e. The fraction of sp³-hybridized carbons (Fsp3) is 0.550. The third kappa shape index (κ3) is 5.66. The van der Waals surface area contributed by atoms with Gasteiger partial charge >= 0.3 is 0 Å². The third-order valence-corrected chi connectivity index (χ3v) is 5.73. The highest BCUT2D eigenvalue weighted by Crippen LogP contribution is 2.25. The summed E-state index contributed by atoms with van der Waals surface area (Å²) in [5.41, 5.74) is 2.12. The Morgan fingerprint density at radius 3 is 2.81 bits per heavy atom. The van der Waals surface area contributed by atoms with Gasteiger partial charge in [-0.05, 0) is 52.5 Å². The van der Waals surface area contributed by atoms with Crippen LogP contribution >= 0.6 is 11.3 Å². The maximum Gasteiger partial charge on any atom is 0.218 e. The van der Waals surface area contributed by atoms with Crippen molar-refractivity contribution in [2.24, 2.45) is 4.99 Å². The molecule has 0 amide bonds. The van der Waals surface area contributed by atoms with E-state index in [9.17, 15) is 0 Å². The van der Waals surface area contributed by atoms with Gasteiger partial charge in [-0.2, -0.15) is 0 Å². The molecular formula is C20H29N5OS. The Bertz CT molecular complexity index is 748. The molecule has 0 saturated heterocycles. The van der Waals surface area contributed by atoms with Crippen LogP contribution in [0.3, 0.4) is 0 Å². The lowest BCUT2D eigenvalue weighted by atomic mass is 10.2. The Balaban J connectivity index is 1.63. The highest BCUT2D eigenvalue weighted by Gasteiger charge is 2.18. The summed E-state index contributed by atoms with van der Waals surface area (Å²) < 4.78 is 6.11. The molecule has 2 N–H and O–H groups in total. The van der Waals surface area contributed by atoms with Gasteiger partial charge in [0.05, 0.1) is 18.8 Å². The first-order chi connectivity index (χ1) is 13.2. The molecule has 1 fully saturated rings. The summed E-state index contributed by atoms with van der Waals surface area (Å²) in [6.07, 6.45) is 6.82. The zero-order chi connectivity index (χ0) is 19.1. The van der Waals surface area contributed by atoms with Crippen molar-refractivity contribution >= 4 is 17.3 Å². The number of nitrogens with zero attached hydrogens (tertiary/aromatic N) is 3. The van der Waals surface area contributed by atoms with Crippen LogP contribution in [0, 0.1) is 13.8 Å². The highest BCUT2D eigenvalue weighted by atomic mass is 32.1. The van der Waals surface area contributed by atoms with E-state index in [4.69, 9.17) is 9.73 Å². The SMILES string of the molecule is CCNC(=NCc1cccnc1OC1CCCC1)NCc1nc(C)c(C)s1. The van der Waals surface area contributed by atoms with Crippen LogP contribution < -0.4 is 15.4 Å². The molecule has 1 saturated carbocycles. The minimum absolute atomic E-state index is 0.297. The second-order valence-corrected chi connectivity index (χ2v) is 8.08. The van der Waals surface area contributed by atoms with Crippen LogP contribution in [0.5, 0.6) is 5.88 Å².